The molecule has 4 rings (SSSR count). The number of hydrogen-bond acceptors (Lipinski definition) is 4. The zero-order valence-corrected chi connectivity index (χ0v) is 13.1. The van der Waals surface area contributed by atoms with Gasteiger partial charge in [-0.15, -0.1) is 0 Å². The Hall–Kier alpha value is -1.72. The highest BCUT2D eigenvalue weighted by molar-refractivity contribution is 5.11. The highest BCUT2D eigenvalue weighted by atomic mass is 15.3. The monoisotopic (exact) mass is 297 g/mol. The van der Waals surface area contributed by atoms with Crippen LogP contribution in [0.5, 0.6) is 0 Å². The Kier molecular flexibility index (Phi) is 3.47. The average Bonchev–Trinajstić information content (AvgIpc) is 3.07. The van der Waals surface area contributed by atoms with E-state index in [1.807, 2.05) is 36.4 Å². The van der Waals surface area contributed by atoms with Gasteiger partial charge in [0.1, 0.15) is 0 Å². The molecule has 2 aromatic heterocycles. The second kappa shape index (κ2) is 5.48. The molecule has 0 saturated carbocycles. The van der Waals surface area contributed by atoms with E-state index in [1.54, 1.807) is 0 Å². The van der Waals surface area contributed by atoms with Crippen LogP contribution in [0.4, 0.5) is 0 Å². The number of pyridine rings is 1. The molecule has 0 radical (unpaired) electrons. The lowest BCUT2D eigenvalue weighted by Crippen LogP contribution is -2.56. The summed E-state index contributed by atoms with van der Waals surface area (Å²) in [5, 5.41) is 4.25. The van der Waals surface area contributed by atoms with Crippen LogP contribution in [0.15, 0.2) is 36.9 Å². The van der Waals surface area contributed by atoms with Crippen molar-refractivity contribution < 1.29 is 0 Å². The molecule has 0 aliphatic carbocycles. The first-order chi connectivity index (χ1) is 10.7. The van der Waals surface area contributed by atoms with Crippen LogP contribution in [0.25, 0.3) is 0 Å². The lowest BCUT2D eigenvalue weighted by molar-refractivity contribution is 0.00159. The molecule has 5 nitrogen and oxygen atoms in total. The first-order valence-corrected chi connectivity index (χ1v) is 8.02. The van der Waals surface area contributed by atoms with E-state index < -0.39 is 0 Å². The molecule has 0 aromatic carbocycles. The maximum Gasteiger partial charge on any atom is 0.0534 e. The summed E-state index contributed by atoms with van der Waals surface area (Å²) in [6.45, 7) is 6.98. The van der Waals surface area contributed by atoms with Crippen LogP contribution in [-0.4, -0.2) is 50.7 Å². The lowest BCUT2D eigenvalue weighted by atomic mass is 9.79. The first kappa shape index (κ1) is 13.9. The van der Waals surface area contributed by atoms with Crippen LogP contribution in [-0.2, 0) is 20.1 Å². The van der Waals surface area contributed by atoms with E-state index in [4.69, 9.17) is 0 Å². The van der Waals surface area contributed by atoms with Gasteiger partial charge in [0.2, 0.25) is 0 Å². The SMILES string of the molecule is Cn1cc(CN2CC3(CCN(Cc4cccnc4)C3)C2)cn1. The van der Waals surface area contributed by atoms with Crippen molar-refractivity contribution in [2.45, 2.75) is 19.5 Å². The maximum atomic E-state index is 4.25. The molecule has 2 saturated heterocycles. The summed E-state index contributed by atoms with van der Waals surface area (Å²) in [6, 6.07) is 4.20. The molecule has 0 bridgehead atoms. The van der Waals surface area contributed by atoms with Gasteiger partial charge in [-0.05, 0) is 24.6 Å². The Labute approximate surface area is 131 Å². The second-order valence-electron chi connectivity index (χ2n) is 6.99. The number of hydrogen-bond donors (Lipinski definition) is 0. The van der Waals surface area contributed by atoms with Crippen molar-refractivity contribution in [3.05, 3.63) is 48.0 Å². The van der Waals surface area contributed by atoms with Gasteiger partial charge in [-0.1, -0.05) is 6.07 Å². The second-order valence-corrected chi connectivity index (χ2v) is 6.99. The van der Waals surface area contributed by atoms with E-state index in [1.165, 1.54) is 43.7 Å². The van der Waals surface area contributed by atoms with Gasteiger partial charge in [-0.25, -0.2) is 0 Å². The third-order valence-corrected chi connectivity index (χ3v) is 4.93. The zero-order chi connectivity index (χ0) is 15.0. The van der Waals surface area contributed by atoms with E-state index in [0.29, 0.717) is 5.41 Å². The normalized spacial score (nSPS) is 21.3. The molecule has 1 spiro atoms. The summed E-state index contributed by atoms with van der Waals surface area (Å²) in [4.78, 5) is 9.34. The van der Waals surface area contributed by atoms with Crippen LogP contribution < -0.4 is 0 Å². The van der Waals surface area contributed by atoms with Gasteiger partial charge < -0.3 is 0 Å². The van der Waals surface area contributed by atoms with Crippen LogP contribution in [0.2, 0.25) is 0 Å². The van der Waals surface area contributed by atoms with Crippen molar-refractivity contribution in [3.63, 3.8) is 0 Å². The van der Waals surface area contributed by atoms with Crippen molar-refractivity contribution in [3.8, 4) is 0 Å². The van der Waals surface area contributed by atoms with E-state index in [0.717, 1.165) is 13.1 Å². The predicted molar refractivity (Wildman–Crippen MR) is 85.0 cm³/mol. The highest BCUT2D eigenvalue weighted by Gasteiger charge is 2.47. The Balaban J connectivity index is 1.29. The molecular weight excluding hydrogens is 274 g/mol. The minimum Gasteiger partial charge on any atom is -0.298 e. The molecule has 2 aliphatic rings. The largest absolute Gasteiger partial charge is 0.298 e. The first-order valence-electron chi connectivity index (χ1n) is 8.02. The molecule has 116 valence electrons. The zero-order valence-electron chi connectivity index (χ0n) is 13.1. The Morgan fingerprint density at radius 3 is 2.64 bits per heavy atom. The van der Waals surface area contributed by atoms with E-state index in [2.05, 4.69) is 32.1 Å². The quantitative estimate of drug-likeness (QED) is 0.857. The van der Waals surface area contributed by atoms with Crippen LogP contribution in [0, 0.1) is 5.41 Å². The third-order valence-electron chi connectivity index (χ3n) is 4.93. The number of likely N-dealkylation sites (tertiary alicyclic amines) is 2. The number of aryl methyl sites for hydroxylation is 1. The van der Waals surface area contributed by atoms with Crippen molar-refractivity contribution in [1.82, 2.24) is 24.6 Å². The van der Waals surface area contributed by atoms with Gasteiger partial charge in [-0.2, -0.15) is 5.10 Å². The van der Waals surface area contributed by atoms with Crippen molar-refractivity contribution >= 4 is 0 Å². The number of aromatic nitrogens is 3. The fourth-order valence-electron chi connectivity index (χ4n) is 4.00. The van der Waals surface area contributed by atoms with Gasteiger partial charge in [0.25, 0.3) is 0 Å². The number of nitrogens with zero attached hydrogens (tertiary/aromatic N) is 5. The summed E-state index contributed by atoms with van der Waals surface area (Å²) >= 11 is 0. The topological polar surface area (TPSA) is 37.2 Å². The molecule has 0 amide bonds. The highest BCUT2D eigenvalue weighted by Crippen LogP contribution is 2.40. The molecule has 4 heterocycles. The molecule has 2 fully saturated rings. The standard InChI is InChI=1S/C17H23N5/c1-20-9-16(8-19-20)11-22-13-17(14-22)4-6-21(12-17)10-15-3-2-5-18-7-15/h2-3,5,7-9H,4,6,10-14H2,1H3. The Bertz CT molecular complexity index is 630. The van der Waals surface area contributed by atoms with Gasteiger partial charge in [0.15, 0.2) is 0 Å². The maximum absolute atomic E-state index is 4.25. The molecule has 22 heavy (non-hydrogen) atoms. The summed E-state index contributed by atoms with van der Waals surface area (Å²) < 4.78 is 1.89. The van der Waals surface area contributed by atoms with Gasteiger partial charge >= 0.3 is 0 Å². The summed E-state index contributed by atoms with van der Waals surface area (Å²) in [6.07, 6.45) is 9.26. The van der Waals surface area contributed by atoms with Crippen molar-refractivity contribution in [2.24, 2.45) is 12.5 Å². The molecule has 0 atom stereocenters. The summed E-state index contributed by atoms with van der Waals surface area (Å²) in [5.74, 6) is 0. The lowest BCUT2D eigenvalue weighted by Gasteiger charge is -2.48. The minimum absolute atomic E-state index is 0.532. The smallest absolute Gasteiger partial charge is 0.0534 e. The van der Waals surface area contributed by atoms with Crippen LogP contribution >= 0.6 is 0 Å². The molecule has 2 aromatic rings. The van der Waals surface area contributed by atoms with E-state index in [-0.39, 0.29) is 0 Å². The minimum atomic E-state index is 0.532. The van der Waals surface area contributed by atoms with Crippen LogP contribution in [0.1, 0.15) is 17.5 Å². The summed E-state index contributed by atoms with van der Waals surface area (Å²) in [7, 11) is 1.98. The van der Waals surface area contributed by atoms with Gasteiger partial charge in [0.05, 0.1) is 6.20 Å². The molecular formula is C17H23N5. The van der Waals surface area contributed by atoms with Crippen LogP contribution in [0.3, 0.4) is 0 Å². The van der Waals surface area contributed by atoms with E-state index >= 15 is 0 Å². The Morgan fingerprint density at radius 1 is 1.09 bits per heavy atom. The molecule has 5 heteroatoms. The van der Waals surface area contributed by atoms with E-state index in [9.17, 15) is 0 Å². The van der Waals surface area contributed by atoms with Gasteiger partial charge in [0, 0.05) is 69.3 Å². The van der Waals surface area contributed by atoms with Crippen molar-refractivity contribution in [1.29, 1.82) is 0 Å². The molecule has 2 aliphatic heterocycles. The molecule has 0 unspecified atom stereocenters. The average molecular weight is 297 g/mol. The fourth-order valence-corrected chi connectivity index (χ4v) is 4.00. The van der Waals surface area contributed by atoms with Gasteiger partial charge in [-0.3, -0.25) is 19.5 Å². The third kappa shape index (κ3) is 2.78. The molecule has 0 N–H and O–H groups in total. The summed E-state index contributed by atoms with van der Waals surface area (Å²) in [5.41, 5.74) is 3.18. The predicted octanol–water partition coefficient (Wildman–Crippen LogP) is 1.52. The number of rotatable bonds is 4. The Morgan fingerprint density at radius 2 is 1.91 bits per heavy atom. The fraction of sp³-hybridized carbons (Fsp3) is 0.529. The van der Waals surface area contributed by atoms with Crippen molar-refractivity contribution in [2.75, 3.05) is 26.2 Å².